The van der Waals surface area contributed by atoms with Gasteiger partial charge < -0.3 is 9.47 Å². The molecule has 0 N–H and O–H groups in total. The second-order valence-electron chi connectivity index (χ2n) is 5.58. The molecule has 0 spiro atoms. The van der Waals surface area contributed by atoms with Crippen molar-refractivity contribution in [3.8, 4) is 0 Å². The number of aromatic nitrogens is 2. The first kappa shape index (κ1) is 14.3. The summed E-state index contributed by atoms with van der Waals surface area (Å²) in [4.78, 5) is 19.9. The van der Waals surface area contributed by atoms with Crippen LogP contribution in [0, 0.1) is 0 Å². The van der Waals surface area contributed by atoms with Crippen LogP contribution in [-0.4, -0.2) is 33.4 Å². The van der Waals surface area contributed by atoms with Crippen LogP contribution in [0.2, 0.25) is 0 Å². The van der Waals surface area contributed by atoms with Crippen LogP contribution in [0.4, 0.5) is 0 Å². The molecule has 4 nitrogen and oxygen atoms in total. The lowest BCUT2D eigenvalue weighted by Gasteiger charge is -2.33. The van der Waals surface area contributed by atoms with Crippen LogP contribution in [0.5, 0.6) is 0 Å². The summed E-state index contributed by atoms with van der Waals surface area (Å²) in [7, 11) is 0. The number of piperidine rings is 1. The molecule has 0 radical (unpaired) electrons. The monoisotopic (exact) mass is 303 g/mol. The van der Waals surface area contributed by atoms with Crippen LogP contribution < -0.4 is 0 Å². The lowest BCUT2D eigenvalue weighted by molar-refractivity contribution is -0.132. The number of imidazole rings is 1. The highest BCUT2D eigenvalue weighted by atomic mass is 32.1. The highest BCUT2D eigenvalue weighted by molar-refractivity contribution is 7.09. The summed E-state index contributed by atoms with van der Waals surface area (Å²) in [5.74, 6) is 0.302. The molecule has 1 fully saturated rings. The SMILES string of the molecule is O=C(CCCc1cccs1)N1CCC[C@H](n2ccnc2)C1. The molecular formula is C16H21N3OS. The van der Waals surface area contributed by atoms with E-state index in [4.69, 9.17) is 0 Å². The summed E-state index contributed by atoms with van der Waals surface area (Å²) in [6.45, 7) is 1.73. The summed E-state index contributed by atoms with van der Waals surface area (Å²) in [6, 6.07) is 4.61. The average Bonchev–Trinajstić information content (AvgIpc) is 3.21. The van der Waals surface area contributed by atoms with E-state index in [-0.39, 0.29) is 0 Å². The number of hydrogen-bond donors (Lipinski definition) is 0. The molecule has 0 bridgehead atoms. The fourth-order valence-corrected chi connectivity index (χ4v) is 3.69. The van der Waals surface area contributed by atoms with E-state index >= 15 is 0 Å². The van der Waals surface area contributed by atoms with Crippen molar-refractivity contribution in [2.45, 2.75) is 38.1 Å². The third kappa shape index (κ3) is 3.73. The molecule has 1 atom stereocenters. The van der Waals surface area contributed by atoms with Gasteiger partial charge in [-0.25, -0.2) is 4.98 Å². The van der Waals surface area contributed by atoms with Crippen molar-refractivity contribution in [2.75, 3.05) is 13.1 Å². The van der Waals surface area contributed by atoms with Crippen molar-refractivity contribution >= 4 is 17.2 Å². The lowest BCUT2D eigenvalue weighted by Crippen LogP contribution is -2.40. The van der Waals surface area contributed by atoms with Crippen molar-refractivity contribution in [3.05, 3.63) is 41.1 Å². The van der Waals surface area contributed by atoms with E-state index in [1.54, 1.807) is 11.3 Å². The number of carbonyl (C=O) groups excluding carboxylic acids is 1. The van der Waals surface area contributed by atoms with Gasteiger partial charge in [-0.3, -0.25) is 4.79 Å². The van der Waals surface area contributed by atoms with Crippen molar-refractivity contribution in [1.29, 1.82) is 0 Å². The molecule has 1 amide bonds. The number of rotatable bonds is 5. The first-order chi connectivity index (χ1) is 10.3. The molecule has 3 rings (SSSR count). The summed E-state index contributed by atoms with van der Waals surface area (Å²) >= 11 is 1.77. The van der Waals surface area contributed by atoms with E-state index in [0.717, 1.165) is 38.8 Å². The standard InChI is InChI=1S/C16H21N3OS/c20-16(7-1-5-15-6-3-11-21-15)18-9-2-4-14(12-18)19-10-8-17-13-19/h3,6,8,10-11,13-14H,1-2,4-5,7,9,12H2/t14-/m0/s1. The Hall–Kier alpha value is -1.62. The Morgan fingerprint density at radius 2 is 2.43 bits per heavy atom. The Morgan fingerprint density at radius 3 is 3.19 bits per heavy atom. The fourth-order valence-electron chi connectivity index (χ4n) is 2.94. The average molecular weight is 303 g/mol. The molecule has 112 valence electrons. The summed E-state index contributed by atoms with van der Waals surface area (Å²) < 4.78 is 2.13. The maximum Gasteiger partial charge on any atom is 0.222 e. The van der Waals surface area contributed by atoms with Gasteiger partial charge in [0.15, 0.2) is 0 Å². The van der Waals surface area contributed by atoms with Gasteiger partial charge in [-0.05, 0) is 37.1 Å². The topological polar surface area (TPSA) is 38.1 Å². The van der Waals surface area contributed by atoms with Crippen molar-refractivity contribution < 1.29 is 4.79 Å². The number of nitrogens with zero attached hydrogens (tertiary/aromatic N) is 3. The summed E-state index contributed by atoms with van der Waals surface area (Å²) in [5, 5.41) is 2.09. The van der Waals surface area contributed by atoms with Crippen LogP contribution in [0.25, 0.3) is 0 Å². The zero-order valence-electron chi connectivity index (χ0n) is 12.1. The zero-order chi connectivity index (χ0) is 14.5. The zero-order valence-corrected chi connectivity index (χ0v) is 13.0. The third-order valence-electron chi connectivity index (χ3n) is 4.09. The Morgan fingerprint density at radius 1 is 1.48 bits per heavy atom. The van der Waals surface area contributed by atoms with Gasteiger partial charge in [0.05, 0.1) is 12.4 Å². The van der Waals surface area contributed by atoms with Gasteiger partial charge in [0.25, 0.3) is 0 Å². The molecule has 1 saturated heterocycles. The Bertz CT molecular complexity index is 550. The largest absolute Gasteiger partial charge is 0.341 e. The predicted molar refractivity (Wildman–Crippen MR) is 84.3 cm³/mol. The molecule has 0 aliphatic carbocycles. The van der Waals surface area contributed by atoms with Crippen LogP contribution >= 0.6 is 11.3 Å². The van der Waals surface area contributed by atoms with Crippen molar-refractivity contribution in [1.82, 2.24) is 14.5 Å². The van der Waals surface area contributed by atoms with Crippen LogP contribution in [-0.2, 0) is 11.2 Å². The normalized spacial score (nSPS) is 18.9. The highest BCUT2D eigenvalue weighted by Crippen LogP contribution is 2.22. The second kappa shape index (κ2) is 6.89. The van der Waals surface area contributed by atoms with Crippen LogP contribution in [0.15, 0.2) is 36.2 Å². The molecule has 0 aromatic carbocycles. The maximum absolute atomic E-state index is 12.3. The molecule has 21 heavy (non-hydrogen) atoms. The van der Waals surface area contributed by atoms with Crippen molar-refractivity contribution in [3.63, 3.8) is 0 Å². The van der Waals surface area contributed by atoms with E-state index in [0.29, 0.717) is 18.4 Å². The lowest BCUT2D eigenvalue weighted by atomic mass is 10.0. The van der Waals surface area contributed by atoms with E-state index < -0.39 is 0 Å². The number of amides is 1. The minimum atomic E-state index is 0.302. The number of hydrogen-bond acceptors (Lipinski definition) is 3. The second-order valence-corrected chi connectivity index (χ2v) is 6.61. The molecule has 2 aromatic heterocycles. The van der Waals surface area contributed by atoms with Crippen LogP contribution in [0.3, 0.4) is 0 Å². The van der Waals surface area contributed by atoms with Crippen molar-refractivity contribution in [2.24, 2.45) is 0 Å². The summed E-state index contributed by atoms with van der Waals surface area (Å²) in [6.07, 6.45) is 10.5. The molecule has 3 heterocycles. The molecule has 0 unspecified atom stereocenters. The minimum Gasteiger partial charge on any atom is -0.341 e. The quantitative estimate of drug-likeness (QED) is 0.851. The third-order valence-corrected chi connectivity index (χ3v) is 5.03. The number of carbonyl (C=O) groups is 1. The van der Waals surface area contributed by atoms with E-state index in [2.05, 4.69) is 27.1 Å². The molecule has 0 saturated carbocycles. The van der Waals surface area contributed by atoms with Crippen LogP contribution in [0.1, 0.15) is 36.6 Å². The number of aryl methyl sites for hydroxylation is 1. The Labute approximate surface area is 129 Å². The van der Waals surface area contributed by atoms with Gasteiger partial charge in [-0.2, -0.15) is 0 Å². The van der Waals surface area contributed by atoms with E-state index in [9.17, 15) is 4.79 Å². The minimum absolute atomic E-state index is 0.302. The van der Waals surface area contributed by atoms with Gasteiger partial charge in [0, 0.05) is 36.8 Å². The molecular weight excluding hydrogens is 282 g/mol. The molecule has 5 heteroatoms. The van der Waals surface area contributed by atoms with Gasteiger partial charge >= 0.3 is 0 Å². The van der Waals surface area contributed by atoms with Gasteiger partial charge in [-0.1, -0.05) is 6.07 Å². The van der Waals surface area contributed by atoms with Gasteiger partial charge in [0.1, 0.15) is 0 Å². The number of likely N-dealkylation sites (tertiary alicyclic amines) is 1. The Kier molecular flexibility index (Phi) is 4.70. The molecule has 1 aliphatic heterocycles. The molecule has 1 aliphatic rings. The first-order valence-corrected chi connectivity index (χ1v) is 8.48. The maximum atomic E-state index is 12.3. The van der Waals surface area contributed by atoms with Gasteiger partial charge in [0.2, 0.25) is 5.91 Å². The summed E-state index contributed by atoms with van der Waals surface area (Å²) in [5.41, 5.74) is 0. The smallest absolute Gasteiger partial charge is 0.222 e. The fraction of sp³-hybridized carbons (Fsp3) is 0.500. The molecule has 2 aromatic rings. The predicted octanol–water partition coefficient (Wildman–Crippen LogP) is 3.13. The van der Waals surface area contributed by atoms with E-state index in [1.807, 2.05) is 23.6 Å². The first-order valence-electron chi connectivity index (χ1n) is 7.60. The highest BCUT2D eigenvalue weighted by Gasteiger charge is 2.23. The number of thiophene rings is 1. The van der Waals surface area contributed by atoms with E-state index in [1.165, 1.54) is 4.88 Å². The Balaban J connectivity index is 1.48. The van der Waals surface area contributed by atoms with Gasteiger partial charge in [-0.15, -0.1) is 11.3 Å².